The molecule has 0 saturated carbocycles. The molecule has 0 spiro atoms. The number of hydrogen-bond donors (Lipinski definition) is 4. The van der Waals surface area contributed by atoms with Gasteiger partial charge in [-0.2, -0.15) is 0 Å². The van der Waals surface area contributed by atoms with Crippen LogP contribution in [0.5, 0.6) is 5.75 Å². The summed E-state index contributed by atoms with van der Waals surface area (Å²) in [4.78, 5) is 23.4. The van der Waals surface area contributed by atoms with Crippen LogP contribution in [0.25, 0.3) is 0 Å². The normalized spacial score (nSPS) is 9.76. The summed E-state index contributed by atoms with van der Waals surface area (Å²) in [7, 11) is 0. The Kier molecular flexibility index (Phi) is 4.40. The Bertz CT molecular complexity index is 671. The van der Waals surface area contributed by atoms with Crippen LogP contribution >= 0.6 is 0 Å². The molecule has 2 aromatic carbocycles. The van der Waals surface area contributed by atoms with Crippen LogP contribution < -0.4 is 16.2 Å². The molecular weight excluding hydrogens is 270 g/mol. The Hall–Kier alpha value is -3.02. The van der Waals surface area contributed by atoms with Crippen molar-refractivity contribution in [2.75, 3.05) is 5.32 Å². The number of urea groups is 1. The van der Waals surface area contributed by atoms with E-state index in [0.717, 1.165) is 5.56 Å². The van der Waals surface area contributed by atoms with E-state index in [1.54, 1.807) is 24.3 Å². The Balaban J connectivity index is 1.90. The van der Waals surface area contributed by atoms with E-state index < -0.39 is 11.9 Å². The first-order valence-electron chi connectivity index (χ1n) is 6.28. The van der Waals surface area contributed by atoms with E-state index in [4.69, 9.17) is 0 Å². The molecule has 0 bridgehead atoms. The molecular formula is C15H15N3O3. The van der Waals surface area contributed by atoms with Crippen molar-refractivity contribution in [2.24, 2.45) is 0 Å². The van der Waals surface area contributed by atoms with E-state index in [-0.39, 0.29) is 11.3 Å². The quantitative estimate of drug-likeness (QED) is 0.637. The van der Waals surface area contributed by atoms with E-state index in [0.29, 0.717) is 5.69 Å². The fraction of sp³-hybridized carbons (Fsp3) is 0.0667. The fourth-order valence-corrected chi connectivity index (χ4v) is 1.73. The number of para-hydroxylation sites is 1. The number of amides is 3. The molecule has 108 valence electrons. The predicted octanol–water partition coefficient (Wildman–Crippen LogP) is 2.17. The number of benzene rings is 2. The molecule has 0 radical (unpaired) electrons. The first-order valence-corrected chi connectivity index (χ1v) is 6.28. The van der Waals surface area contributed by atoms with Gasteiger partial charge in [-0.3, -0.25) is 10.2 Å². The second-order valence-corrected chi connectivity index (χ2v) is 4.42. The Morgan fingerprint density at radius 1 is 1.00 bits per heavy atom. The zero-order valence-corrected chi connectivity index (χ0v) is 11.4. The Labute approximate surface area is 121 Å². The molecule has 0 atom stereocenters. The number of nitrogens with one attached hydrogen (secondary N) is 3. The van der Waals surface area contributed by atoms with Gasteiger partial charge in [-0.1, -0.05) is 24.3 Å². The standard InChI is InChI=1S/C15H15N3O3/c1-10-5-4-6-11(9-10)16-15(21)18-17-14(20)12-7-2-3-8-13(12)19/h2-9,19H,1H3,(H,17,20)(H2,16,18,21). The van der Waals surface area contributed by atoms with Gasteiger partial charge in [-0.25, -0.2) is 10.2 Å². The van der Waals surface area contributed by atoms with Gasteiger partial charge in [0.15, 0.2) is 0 Å². The molecule has 6 nitrogen and oxygen atoms in total. The van der Waals surface area contributed by atoms with Crippen LogP contribution in [-0.2, 0) is 0 Å². The van der Waals surface area contributed by atoms with E-state index in [2.05, 4.69) is 16.2 Å². The third kappa shape index (κ3) is 3.97. The molecule has 0 aromatic heterocycles. The Morgan fingerprint density at radius 3 is 2.48 bits per heavy atom. The maximum atomic E-state index is 11.8. The average molecular weight is 285 g/mol. The van der Waals surface area contributed by atoms with Crippen molar-refractivity contribution in [2.45, 2.75) is 6.92 Å². The van der Waals surface area contributed by atoms with Crippen molar-refractivity contribution in [1.29, 1.82) is 0 Å². The molecule has 0 fully saturated rings. The summed E-state index contributed by atoms with van der Waals surface area (Å²) < 4.78 is 0. The van der Waals surface area contributed by atoms with E-state index in [1.807, 2.05) is 19.1 Å². The topological polar surface area (TPSA) is 90.5 Å². The van der Waals surface area contributed by atoms with E-state index in [9.17, 15) is 14.7 Å². The number of carbonyl (C=O) groups excluding carboxylic acids is 2. The van der Waals surface area contributed by atoms with Gasteiger partial charge < -0.3 is 10.4 Å². The average Bonchev–Trinajstić information content (AvgIpc) is 2.45. The van der Waals surface area contributed by atoms with Gasteiger partial charge >= 0.3 is 6.03 Å². The number of phenols is 1. The largest absolute Gasteiger partial charge is 0.507 e. The number of hydrogen-bond acceptors (Lipinski definition) is 3. The van der Waals surface area contributed by atoms with Crippen LogP contribution in [-0.4, -0.2) is 17.0 Å². The summed E-state index contributed by atoms with van der Waals surface area (Å²) in [6, 6.07) is 12.7. The monoisotopic (exact) mass is 285 g/mol. The molecule has 6 heteroatoms. The van der Waals surface area contributed by atoms with Gasteiger partial charge in [-0.05, 0) is 36.8 Å². The van der Waals surface area contributed by atoms with Crippen LogP contribution in [0.2, 0.25) is 0 Å². The highest BCUT2D eigenvalue weighted by molar-refractivity contribution is 5.98. The van der Waals surface area contributed by atoms with Crippen LogP contribution in [0.15, 0.2) is 48.5 Å². The molecule has 0 saturated heterocycles. The first-order chi connectivity index (χ1) is 10.1. The summed E-state index contributed by atoms with van der Waals surface area (Å²) in [6.45, 7) is 1.91. The van der Waals surface area contributed by atoms with Crippen molar-refractivity contribution in [3.63, 3.8) is 0 Å². The highest BCUT2D eigenvalue weighted by Gasteiger charge is 2.10. The smallest absolute Gasteiger partial charge is 0.337 e. The predicted molar refractivity (Wildman–Crippen MR) is 78.9 cm³/mol. The highest BCUT2D eigenvalue weighted by Crippen LogP contribution is 2.14. The van der Waals surface area contributed by atoms with Crippen molar-refractivity contribution in [3.8, 4) is 5.75 Å². The van der Waals surface area contributed by atoms with Crippen molar-refractivity contribution in [3.05, 3.63) is 59.7 Å². The van der Waals surface area contributed by atoms with Gasteiger partial charge in [0.2, 0.25) is 0 Å². The lowest BCUT2D eigenvalue weighted by atomic mass is 10.2. The zero-order valence-electron chi connectivity index (χ0n) is 11.4. The van der Waals surface area contributed by atoms with E-state index >= 15 is 0 Å². The minimum atomic E-state index is -0.604. The van der Waals surface area contributed by atoms with Gasteiger partial charge in [0.25, 0.3) is 5.91 Å². The van der Waals surface area contributed by atoms with Gasteiger partial charge in [0, 0.05) is 5.69 Å². The second-order valence-electron chi connectivity index (χ2n) is 4.42. The lowest BCUT2D eigenvalue weighted by molar-refractivity contribution is 0.0935. The number of phenolic OH excluding ortho intramolecular Hbond substituents is 1. The van der Waals surface area contributed by atoms with Gasteiger partial charge in [-0.15, -0.1) is 0 Å². The SMILES string of the molecule is Cc1cccc(NC(=O)NNC(=O)c2ccccc2O)c1. The van der Waals surface area contributed by atoms with E-state index in [1.165, 1.54) is 12.1 Å². The highest BCUT2D eigenvalue weighted by atomic mass is 16.3. The Morgan fingerprint density at radius 2 is 1.76 bits per heavy atom. The lowest BCUT2D eigenvalue weighted by Crippen LogP contribution is -2.43. The number of aryl methyl sites for hydroxylation is 1. The molecule has 2 aromatic rings. The minimum absolute atomic E-state index is 0.0772. The molecule has 4 N–H and O–H groups in total. The van der Waals surface area contributed by atoms with Crippen molar-refractivity contribution in [1.82, 2.24) is 10.9 Å². The molecule has 0 aliphatic heterocycles. The van der Waals surface area contributed by atoms with Crippen LogP contribution in [0.4, 0.5) is 10.5 Å². The summed E-state index contributed by atoms with van der Waals surface area (Å²) >= 11 is 0. The fourth-order valence-electron chi connectivity index (χ4n) is 1.73. The summed E-state index contributed by atoms with van der Waals surface area (Å²) in [5.41, 5.74) is 6.13. The number of anilines is 1. The number of hydrazine groups is 1. The zero-order chi connectivity index (χ0) is 15.2. The molecule has 0 aliphatic rings. The number of rotatable bonds is 2. The molecule has 3 amide bonds. The first kappa shape index (κ1) is 14.4. The minimum Gasteiger partial charge on any atom is -0.507 e. The lowest BCUT2D eigenvalue weighted by Gasteiger charge is -2.10. The summed E-state index contributed by atoms with van der Waals surface area (Å²) in [5.74, 6) is -0.761. The molecule has 0 unspecified atom stereocenters. The number of carbonyl (C=O) groups is 2. The van der Waals surface area contributed by atoms with Crippen molar-refractivity contribution < 1.29 is 14.7 Å². The van der Waals surface area contributed by atoms with Gasteiger partial charge in [0.1, 0.15) is 5.75 Å². The second kappa shape index (κ2) is 6.42. The molecule has 0 aliphatic carbocycles. The van der Waals surface area contributed by atoms with Gasteiger partial charge in [0.05, 0.1) is 5.56 Å². The van der Waals surface area contributed by atoms with Crippen LogP contribution in [0.1, 0.15) is 15.9 Å². The molecule has 0 heterocycles. The van der Waals surface area contributed by atoms with Crippen LogP contribution in [0.3, 0.4) is 0 Å². The maximum absolute atomic E-state index is 11.8. The molecule has 2 rings (SSSR count). The third-order valence-corrected chi connectivity index (χ3v) is 2.71. The summed E-state index contributed by atoms with van der Waals surface area (Å²) in [6.07, 6.45) is 0. The number of aromatic hydroxyl groups is 1. The van der Waals surface area contributed by atoms with Crippen LogP contribution in [0, 0.1) is 6.92 Å². The summed E-state index contributed by atoms with van der Waals surface area (Å²) in [5, 5.41) is 12.1. The third-order valence-electron chi connectivity index (χ3n) is 2.71. The maximum Gasteiger partial charge on any atom is 0.337 e. The van der Waals surface area contributed by atoms with Crippen molar-refractivity contribution >= 4 is 17.6 Å². The molecule has 21 heavy (non-hydrogen) atoms.